The lowest BCUT2D eigenvalue weighted by molar-refractivity contribution is 0.111. The molecule has 5 heteroatoms. The van der Waals surface area contributed by atoms with Gasteiger partial charge in [-0.1, -0.05) is 0 Å². The molecule has 2 aromatic heterocycles. The predicted molar refractivity (Wildman–Crippen MR) is 81.7 cm³/mol. The molecule has 0 atom stereocenters. The molecule has 1 aliphatic carbocycles. The van der Waals surface area contributed by atoms with Gasteiger partial charge in [0.25, 0.3) is 0 Å². The number of aromatic nitrogens is 2. The minimum atomic E-state index is -1.07. The predicted octanol–water partition coefficient (Wildman–Crippen LogP) is 4.26. The minimum absolute atomic E-state index is 0.464. The highest BCUT2D eigenvalue weighted by molar-refractivity contribution is 14.1. The summed E-state index contributed by atoms with van der Waals surface area (Å²) in [5.41, 5.74) is 0.840. The van der Waals surface area contributed by atoms with Crippen molar-refractivity contribution in [2.45, 2.75) is 41.7 Å². The molecular weight excluding hydrogens is 356 g/mol. The molecule has 3 nitrogen and oxygen atoms in total. The van der Waals surface area contributed by atoms with E-state index in [2.05, 4.69) is 4.98 Å². The number of imidazole rings is 1. The van der Waals surface area contributed by atoms with Gasteiger partial charge in [0.15, 0.2) is 0 Å². The number of alkyl halides is 2. The Morgan fingerprint density at radius 3 is 2.95 bits per heavy atom. The Labute approximate surface area is 122 Å². The molecule has 1 aliphatic rings. The van der Waals surface area contributed by atoms with E-state index in [0.29, 0.717) is 23.2 Å². The van der Waals surface area contributed by atoms with Crippen molar-refractivity contribution in [2.75, 3.05) is 0 Å². The molecule has 2 aromatic rings. The summed E-state index contributed by atoms with van der Waals surface area (Å²) in [6.45, 7) is 0. The highest BCUT2D eigenvalue weighted by atomic mass is 127. The molecule has 0 spiro atoms. The Kier molecular flexibility index (Phi) is 3.64. The molecule has 1 fully saturated rings. The van der Waals surface area contributed by atoms with Crippen molar-refractivity contribution in [2.24, 2.45) is 0 Å². The van der Waals surface area contributed by atoms with Crippen LogP contribution < -0.4 is 0 Å². The minimum Gasteiger partial charge on any atom is -0.307 e. The van der Waals surface area contributed by atoms with Crippen LogP contribution in [0.2, 0.25) is 0 Å². The van der Waals surface area contributed by atoms with Crippen LogP contribution in [0.25, 0.3) is 5.65 Å². The van der Waals surface area contributed by atoms with Gasteiger partial charge in [-0.15, -0.1) is 0 Å². The standard InChI is InChI=1S/C14H17FIN3/c15-14(4-1-12(16-17)2-5-14)10-11-3-7-19-8-6-18-13(19)9-11/h3,6-9,12,17H,1-2,4-5,10H2. The molecule has 102 valence electrons. The van der Waals surface area contributed by atoms with Gasteiger partial charge in [0, 0.05) is 28.9 Å². The van der Waals surface area contributed by atoms with E-state index in [1.54, 1.807) is 6.20 Å². The Morgan fingerprint density at radius 2 is 2.21 bits per heavy atom. The van der Waals surface area contributed by atoms with E-state index >= 15 is 0 Å². The van der Waals surface area contributed by atoms with Gasteiger partial charge in [-0.2, -0.15) is 0 Å². The first-order valence-corrected chi connectivity index (χ1v) is 8.91. The van der Waals surface area contributed by atoms with Gasteiger partial charge in [0.1, 0.15) is 11.3 Å². The Morgan fingerprint density at radius 1 is 1.42 bits per heavy atom. The molecule has 2 heterocycles. The van der Waals surface area contributed by atoms with Crippen molar-refractivity contribution in [3.05, 3.63) is 36.3 Å². The fraction of sp³-hybridized carbons (Fsp3) is 0.500. The van der Waals surface area contributed by atoms with E-state index in [9.17, 15) is 4.39 Å². The lowest BCUT2D eigenvalue weighted by atomic mass is 9.82. The topological polar surface area (TPSA) is 41.2 Å². The monoisotopic (exact) mass is 373 g/mol. The fourth-order valence-electron chi connectivity index (χ4n) is 2.81. The summed E-state index contributed by atoms with van der Waals surface area (Å²) < 4.78 is 24.8. The smallest absolute Gasteiger partial charge is 0.136 e. The fourth-order valence-corrected chi connectivity index (χ4v) is 4.06. The van der Waals surface area contributed by atoms with Crippen LogP contribution in [0.15, 0.2) is 30.7 Å². The number of rotatable bonds is 3. The lowest BCUT2D eigenvalue weighted by Crippen LogP contribution is -2.32. The third-order valence-electron chi connectivity index (χ3n) is 3.95. The van der Waals surface area contributed by atoms with Crippen LogP contribution in [-0.4, -0.2) is 19.0 Å². The second-order valence-electron chi connectivity index (χ2n) is 5.34. The average molecular weight is 373 g/mol. The molecule has 0 radical (unpaired) electrons. The highest BCUT2D eigenvalue weighted by Crippen LogP contribution is 2.38. The summed E-state index contributed by atoms with van der Waals surface area (Å²) in [5, 5.41) is 0. The molecule has 1 N–H and O–H groups in total. The van der Waals surface area contributed by atoms with Crippen molar-refractivity contribution < 1.29 is 4.39 Å². The number of pyridine rings is 1. The Balaban J connectivity index is 1.74. The van der Waals surface area contributed by atoms with Crippen molar-refractivity contribution in [1.29, 1.82) is 3.56 Å². The van der Waals surface area contributed by atoms with Crippen LogP contribution in [0.4, 0.5) is 4.39 Å². The van der Waals surface area contributed by atoms with E-state index in [1.807, 2.05) is 28.9 Å². The van der Waals surface area contributed by atoms with Crippen LogP contribution in [-0.2, 0) is 6.42 Å². The zero-order valence-corrected chi connectivity index (χ0v) is 12.8. The second-order valence-corrected chi connectivity index (χ2v) is 7.72. The summed E-state index contributed by atoms with van der Waals surface area (Å²) in [6.07, 6.45) is 9.13. The SMILES string of the molecule is N=IC1CCC(F)(Cc2ccn3ccnc3c2)CC1. The first-order valence-electron chi connectivity index (χ1n) is 6.58. The van der Waals surface area contributed by atoms with Gasteiger partial charge in [0.2, 0.25) is 0 Å². The van der Waals surface area contributed by atoms with Gasteiger partial charge >= 0.3 is 0 Å². The Hall–Kier alpha value is -0.850. The third-order valence-corrected chi connectivity index (χ3v) is 6.08. The molecule has 1 saturated carbocycles. The Bertz CT molecular complexity index is 587. The number of halogens is 2. The molecule has 0 bridgehead atoms. The number of nitrogens with one attached hydrogen (secondary N) is 1. The maximum absolute atomic E-state index is 14.8. The first kappa shape index (κ1) is 13.1. The number of hydrogen-bond acceptors (Lipinski definition) is 2. The second kappa shape index (κ2) is 5.26. The highest BCUT2D eigenvalue weighted by Gasteiger charge is 2.35. The number of hydrogen-bond donors (Lipinski definition) is 1. The average Bonchev–Trinajstić information content (AvgIpc) is 2.87. The molecule has 0 unspecified atom stereocenters. The van der Waals surface area contributed by atoms with Crippen molar-refractivity contribution >= 4 is 26.7 Å². The van der Waals surface area contributed by atoms with Crippen molar-refractivity contribution in [3.63, 3.8) is 0 Å². The zero-order chi connectivity index (χ0) is 13.3. The van der Waals surface area contributed by atoms with Crippen molar-refractivity contribution in [1.82, 2.24) is 9.38 Å². The molecule has 0 aliphatic heterocycles. The van der Waals surface area contributed by atoms with Crippen molar-refractivity contribution in [3.8, 4) is 0 Å². The third kappa shape index (κ3) is 2.85. The van der Waals surface area contributed by atoms with E-state index in [0.717, 1.165) is 24.1 Å². The molecule has 3 rings (SSSR count). The molecule has 19 heavy (non-hydrogen) atoms. The van der Waals surface area contributed by atoms with E-state index in [4.69, 9.17) is 3.56 Å². The quantitative estimate of drug-likeness (QED) is 0.634. The molecule has 0 aromatic carbocycles. The van der Waals surface area contributed by atoms with Crippen LogP contribution >= 0.6 is 21.0 Å². The number of nitrogens with zero attached hydrogens (tertiary/aromatic N) is 2. The summed E-state index contributed by atoms with van der Waals surface area (Å²) >= 11 is -0.464. The van der Waals surface area contributed by atoms with Gasteiger partial charge in [-0.05, 0) is 64.4 Å². The maximum atomic E-state index is 14.8. The molecule has 0 amide bonds. The van der Waals surface area contributed by atoms with E-state index < -0.39 is 26.7 Å². The van der Waals surface area contributed by atoms with Crippen LogP contribution in [0, 0.1) is 3.56 Å². The molecule has 0 saturated heterocycles. The maximum Gasteiger partial charge on any atom is 0.136 e. The van der Waals surface area contributed by atoms with Crippen LogP contribution in [0.5, 0.6) is 0 Å². The van der Waals surface area contributed by atoms with Gasteiger partial charge in [0.05, 0.1) is 0 Å². The van der Waals surface area contributed by atoms with Crippen LogP contribution in [0.3, 0.4) is 0 Å². The first-order chi connectivity index (χ1) is 9.18. The lowest BCUT2D eigenvalue weighted by Gasteiger charge is -2.32. The summed E-state index contributed by atoms with van der Waals surface area (Å²) in [7, 11) is 0. The van der Waals surface area contributed by atoms with Crippen LogP contribution in [0.1, 0.15) is 31.2 Å². The zero-order valence-electron chi connectivity index (χ0n) is 10.6. The van der Waals surface area contributed by atoms with Gasteiger partial charge in [-0.25, -0.2) is 9.37 Å². The normalized spacial score (nSPS) is 27.7. The van der Waals surface area contributed by atoms with E-state index in [-0.39, 0.29) is 0 Å². The summed E-state index contributed by atoms with van der Waals surface area (Å²) in [6, 6.07) is 3.96. The molecular formula is C14H17FIN3. The van der Waals surface area contributed by atoms with E-state index in [1.165, 1.54) is 0 Å². The number of fused-ring (bicyclic) bond motifs is 1. The van der Waals surface area contributed by atoms with Gasteiger partial charge < -0.3 is 4.40 Å². The largest absolute Gasteiger partial charge is 0.307 e. The summed E-state index contributed by atoms with van der Waals surface area (Å²) in [4.78, 5) is 4.24. The summed E-state index contributed by atoms with van der Waals surface area (Å²) in [5.74, 6) is 0. The van der Waals surface area contributed by atoms with Gasteiger partial charge in [-0.3, -0.25) is 3.56 Å².